The quantitative estimate of drug-likeness (QED) is 0.521. The minimum Gasteiger partial charge on any atom is -0.340 e. The van der Waals surface area contributed by atoms with Crippen LogP contribution in [0.4, 0.5) is 0 Å². The molecule has 0 bridgehead atoms. The van der Waals surface area contributed by atoms with E-state index in [-0.39, 0.29) is 35.6 Å². The zero-order valence-electron chi connectivity index (χ0n) is 19.6. The molecule has 8 nitrogen and oxygen atoms in total. The summed E-state index contributed by atoms with van der Waals surface area (Å²) in [6.45, 7) is 3.71. The van der Waals surface area contributed by atoms with Crippen molar-refractivity contribution in [3.8, 4) is 0 Å². The van der Waals surface area contributed by atoms with Crippen LogP contribution in [0.3, 0.4) is 0 Å². The lowest BCUT2D eigenvalue weighted by Crippen LogP contribution is -2.53. The van der Waals surface area contributed by atoms with Gasteiger partial charge < -0.3 is 4.90 Å². The van der Waals surface area contributed by atoms with Gasteiger partial charge in [0.05, 0.1) is 10.6 Å². The largest absolute Gasteiger partial charge is 0.340 e. The predicted octanol–water partition coefficient (Wildman–Crippen LogP) is 2.83. The number of halogens is 1. The summed E-state index contributed by atoms with van der Waals surface area (Å²) >= 11 is 3.37. The Morgan fingerprint density at radius 3 is 2.11 bits per heavy atom. The number of carbonyl (C=O) groups excluding carboxylic acids is 1. The summed E-state index contributed by atoms with van der Waals surface area (Å²) in [4.78, 5) is 15.1. The van der Waals surface area contributed by atoms with Crippen molar-refractivity contribution in [3.63, 3.8) is 0 Å². The molecule has 0 atom stereocenters. The highest BCUT2D eigenvalue weighted by atomic mass is 79.9. The van der Waals surface area contributed by atoms with Crippen molar-refractivity contribution in [2.75, 3.05) is 39.3 Å². The van der Waals surface area contributed by atoms with E-state index < -0.39 is 20.0 Å². The number of piperidine rings is 1. The predicted molar refractivity (Wildman–Crippen MR) is 138 cm³/mol. The lowest BCUT2D eigenvalue weighted by Gasteiger charge is -2.38. The third kappa shape index (κ3) is 6.14. The van der Waals surface area contributed by atoms with Gasteiger partial charge in [-0.25, -0.2) is 21.1 Å². The molecule has 0 N–H and O–H groups in total. The zero-order valence-corrected chi connectivity index (χ0v) is 22.9. The Bertz CT molecular complexity index is 1270. The number of amides is 1. The number of carbonyl (C=O) groups is 1. The van der Waals surface area contributed by atoms with Gasteiger partial charge in [0.15, 0.2) is 0 Å². The molecule has 2 aliphatic heterocycles. The molecule has 11 heteroatoms. The van der Waals surface area contributed by atoms with Gasteiger partial charge in [0.25, 0.3) is 0 Å². The highest BCUT2D eigenvalue weighted by Crippen LogP contribution is 2.25. The van der Waals surface area contributed by atoms with E-state index in [9.17, 15) is 21.6 Å². The Morgan fingerprint density at radius 1 is 0.886 bits per heavy atom. The van der Waals surface area contributed by atoms with Gasteiger partial charge in [-0.1, -0.05) is 45.8 Å². The molecule has 0 aliphatic carbocycles. The van der Waals surface area contributed by atoms with Crippen LogP contribution in [-0.4, -0.2) is 75.5 Å². The minimum absolute atomic E-state index is 0.0126. The van der Waals surface area contributed by atoms with E-state index in [1.54, 1.807) is 41.3 Å². The number of piperazine rings is 1. The highest BCUT2D eigenvalue weighted by Gasteiger charge is 2.36. The molecule has 35 heavy (non-hydrogen) atoms. The van der Waals surface area contributed by atoms with Gasteiger partial charge in [-0.15, -0.1) is 0 Å². The summed E-state index contributed by atoms with van der Waals surface area (Å²) in [7, 11) is -7.05. The lowest BCUT2D eigenvalue weighted by molar-refractivity contribution is -0.137. The molecule has 4 rings (SSSR count). The van der Waals surface area contributed by atoms with Crippen molar-refractivity contribution < 1.29 is 21.6 Å². The third-order valence-corrected chi connectivity index (χ3v) is 10.9. The topological polar surface area (TPSA) is 95.1 Å². The first-order valence-corrected chi connectivity index (χ1v) is 15.5. The molecule has 0 aromatic heterocycles. The lowest BCUT2D eigenvalue weighted by atomic mass is 9.96. The van der Waals surface area contributed by atoms with Crippen LogP contribution in [0.2, 0.25) is 0 Å². The monoisotopic (exact) mass is 583 g/mol. The van der Waals surface area contributed by atoms with Crippen molar-refractivity contribution in [2.24, 2.45) is 5.92 Å². The van der Waals surface area contributed by atoms with E-state index in [0.717, 1.165) is 15.6 Å². The van der Waals surface area contributed by atoms with Gasteiger partial charge in [-0.05, 0) is 49.6 Å². The maximum absolute atomic E-state index is 13.1. The Labute approximate surface area is 216 Å². The van der Waals surface area contributed by atoms with Gasteiger partial charge in [0, 0.05) is 49.7 Å². The molecule has 2 saturated heterocycles. The summed E-state index contributed by atoms with van der Waals surface area (Å²) in [5.41, 5.74) is 1.71. The average molecular weight is 585 g/mol. The molecule has 2 aliphatic rings. The van der Waals surface area contributed by atoms with E-state index >= 15 is 0 Å². The average Bonchev–Trinajstić information content (AvgIpc) is 2.84. The van der Waals surface area contributed by atoms with E-state index in [4.69, 9.17) is 0 Å². The van der Waals surface area contributed by atoms with Crippen molar-refractivity contribution in [3.05, 3.63) is 64.1 Å². The Kier molecular flexibility index (Phi) is 8.02. The first kappa shape index (κ1) is 26.3. The smallest absolute Gasteiger partial charge is 0.243 e. The molecule has 2 heterocycles. The first-order valence-electron chi connectivity index (χ1n) is 11.6. The van der Waals surface area contributed by atoms with Gasteiger partial charge in [0.1, 0.15) is 0 Å². The molecule has 0 radical (unpaired) electrons. The summed E-state index contributed by atoms with van der Waals surface area (Å²) in [5, 5.41) is 0. The second-order valence-corrected chi connectivity index (χ2v) is 13.9. The molecule has 2 aromatic carbocycles. The maximum atomic E-state index is 13.1. The van der Waals surface area contributed by atoms with Crippen LogP contribution in [0.5, 0.6) is 0 Å². The van der Waals surface area contributed by atoms with E-state index in [2.05, 4.69) is 15.9 Å². The van der Waals surface area contributed by atoms with E-state index in [0.29, 0.717) is 39.0 Å². The third-order valence-electron chi connectivity index (χ3n) is 6.64. The number of hydrogen-bond donors (Lipinski definition) is 0. The van der Waals surface area contributed by atoms with Crippen LogP contribution in [0.15, 0.2) is 57.9 Å². The van der Waals surface area contributed by atoms with E-state index in [1.165, 1.54) is 8.61 Å². The van der Waals surface area contributed by atoms with Crippen molar-refractivity contribution in [1.82, 2.24) is 13.5 Å². The second-order valence-electron chi connectivity index (χ2n) is 9.10. The van der Waals surface area contributed by atoms with E-state index in [1.807, 2.05) is 19.1 Å². The molecule has 0 spiro atoms. The fourth-order valence-corrected chi connectivity index (χ4v) is 8.00. The van der Waals surface area contributed by atoms with Crippen LogP contribution >= 0.6 is 15.9 Å². The molecular weight excluding hydrogens is 554 g/mol. The van der Waals surface area contributed by atoms with Gasteiger partial charge in [0.2, 0.25) is 26.0 Å². The van der Waals surface area contributed by atoms with Crippen molar-refractivity contribution >= 4 is 41.9 Å². The summed E-state index contributed by atoms with van der Waals surface area (Å²) in [6, 6.07) is 14.0. The fraction of sp³-hybridized carbons (Fsp3) is 0.458. The van der Waals surface area contributed by atoms with Gasteiger partial charge >= 0.3 is 0 Å². The molecule has 2 fully saturated rings. The molecule has 2 aromatic rings. The fourth-order valence-electron chi connectivity index (χ4n) is 4.58. The number of benzene rings is 2. The molecular formula is C24H30BrN3O5S2. The summed E-state index contributed by atoms with van der Waals surface area (Å²) in [5.74, 6) is -0.323. The van der Waals surface area contributed by atoms with Crippen molar-refractivity contribution in [2.45, 2.75) is 30.4 Å². The summed E-state index contributed by atoms with van der Waals surface area (Å²) < 4.78 is 55.3. The number of hydrogen-bond acceptors (Lipinski definition) is 5. The normalized spacial score (nSPS) is 19.1. The highest BCUT2D eigenvalue weighted by molar-refractivity contribution is 9.10. The zero-order chi connectivity index (χ0) is 25.2. The van der Waals surface area contributed by atoms with Crippen LogP contribution in [-0.2, 0) is 30.6 Å². The Hall–Kier alpha value is -1.79. The second kappa shape index (κ2) is 10.7. The maximum Gasteiger partial charge on any atom is 0.243 e. The molecule has 1 amide bonds. The summed E-state index contributed by atoms with van der Waals surface area (Å²) in [6.07, 6.45) is 0.941. The molecule has 0 unspecified atom stereocenters. The van der Waals surface area contributed by atoms with Crippen molar-refractivity contribution in [1.29, 1.82) is 0 Å². The van der Waals surface area contributed by atoms with Crippen LogP contribution in [0.1, 0.15) is 24.0 Å². The van der Waals surface area contributed by atoms with Crippen LogP contribution < -0.4 is 0 Å². The van der Waals surface area contributed by atoms with Crippen LogP contribution in [0.25, 0.3) is 0 Å². The Morgan fingerprint density at radius 2 is 1.51 bits per heavy atom. The number of sulfonamides is 2. The number of rotatable bonds is 6. The van der Waals surface area contributed by atoms with Gasteiger partial charge in [-0.3, -0.25) is 4.79 Å². The number of aryl methyl sites for hydroxylation is 1. The SMILES string of the molecule is Cc1ccc(S(=O)(=O)N2CCN(C(=O)C3CCN(S(=O)(=O)Cc4cccc(Br)c4)CC3)CC2)cc1. The Balaban J connectivity index is 1.29. The number of nitrogens with zero attached hydrogens (tertiary/aromatic N) is 3. The van der Waals surface area contributed by atoms with Crippen LogP contribution in [0, 0.1) is 12.8 Å². The first-order chi connectivity index (χ1) is 16.6. The molecule has 190 valence electrons. The minimum atomic E-state index is -3.59. The molecule has 0 saturated carbocycles. The van der Waals surface area contributed by atoms with Gasteiger partial charge in [-0.2, -0.15) is 4.31 Å². The standard InChI is InChI=1S/C24H30BrN3O5S2/c1-19-5-7-23(8-6-19)35(32,33)28-15-13-26(14-16-28)24(29)21-9-11-27(12-10-21)34(30,31)18-20-3-2-4-22(25)17-20/h2-8,17,21H,9-16,18H2,1H3.